The first kappa shape index (κ1) is 20.7. The molecule has 158 valence electrons. The molecule has 0 aliphatic carbocycles. The molecule has 4 aromatic rings. The van der Waals surface area contributed by atoms with Gasteiger partial charge in [-0.3, -0.25) is 4.79 Å². The van der Waals surface area contributed by atoms with E-state index in [1.165, 1.54) is 0 Å². The summed E-state index contributed by atoms with van der Waals surface area (Å²) in [4.78, 5) is 19.2. The molecule has 0 radical (unpaired) electrons. The highest BCUT2D eigenvalue weighted by atomic mass is 35.5. The number of furan rings is 1. The molecule has 4 rings (SSSR count). The quantitative estimate of drug-likeness (QED) is 0.391. The van der Waals surface area contributed by atoms with Crippen molar-refractivity contribution in [2.45, 2.75) is 13.0 Å². The summed E-state index contributed by atoms with van der Waals surface area (Å²) >= 11 is 6.24. The Balaban J connectivity index is 1.50. The Morgan fingerprint density at radius 2 is 2.00 bits per heavy atom. The van der Waals surface area contributed by atoms with E-state index in [1.807, 2.05) is 30.3 Å². The van der Waals surface area contributed by atoms with Gasteiger partial charge in [-0.15, -0.1) is 0 Å². The highest BCUT2D eigenvalue weighted by Gasteiger charge is 2.21. The van der Waals surface area contributed by atoms with Crippen molar-refractivity contribution < 1.29 is 18.5 Å². The van der Waals surface area contributed by atoms with Gasteiger partial charge in [0.1, 0.15) is 11.5 Å². The minimum absolute atomic E-state index is 0.200. The van der Waals surface area contributed by atoms with E-state index in [4.69, 9.17) is 25.3 Å². The van der Waals surface area contributed by atoms with Gasteiger partial charge in [0, 0.05) is 18.5 Å². The highest BCUT2D eigenvalue weighted by Crippen LogP contribution is 2.22. The molecule has 0 aliphatic rings. The predicted octanol–water partition coefficient (Wildman–Crippen LogP) is 4.88. The van der Waals surface area contributed by atoms with E-state index in [1.54, 1.807) is 48.6 Å². The minimum Gasteiger partial charge on any atom is -0.497 e. The van der Waals surface area contributed by atoms with Gasteiger partial charge in [-0.05, 0) is 36.4 Å². The molecule has 2 heterocycles. The Kier molecular flexibility index (Phi) is 6.33. The zero-order valence-electron chi connectivity index (χ0n) is 16.8. The summed E-state index contributed by atoms with van der Waals surface area (Å²) in [6, 6.07) is 18.0. The summed E-state index contributed by atoms with van der Waals surface area (Å²) in [6.45, 7) is 0.651. The Morgan fingerprint density at radius 3 is 2.77 bits per heavy atom. The van der Waals surface area contributed by atoms with Crippen molar-refractivity contribution in [3.8, 4) is 17.1 Å². The summed E-state index contributed by atoms with van der Waals surface area (Å²) in [5.41, 5.74) is 1.22. The van der Waals surface area contributed by atoms with Crippen LogP contribution in [0.5, 0.6) is 5.75 Å². The van der Waals surface area contributed by atoms with E-state index in [9.17, 15) is 4.79 Å². The minimum atomic E-state index is -0.200. The Hall–Kier alpha value is -3.58. The fourth-order valence-corrected chi connectivity index (χ4v) is 3.33. The Morgan fingerprint density at radius 1 is 1.13 bits per heavy atom. The summed E-state index contributed by atoms with van der Waals surface area (Å²) in [5, 5.41) is 4.45. The SMILES string of the molecule is COc1cccc(-c2noc(CCN(Cc3ccco3)C(=O)c3ccccc3Cl)n2)c1. The van der Waals surface area contributed by atoms with E-state index in [2.05, 4.69) is 10.1 Å². The third-order valence-corrected chi connectivity index (χ3v) is 5.04. The third kappa shape index (κ3) is 4.95. The van der Waals surface area contributed by atoms with Crippen LogP contribution < -0.4 is 4.74 Å². The molecule has 2 aromatic carbocycles. The number of aromatic nitrogens is 2. The lowest BCUT2D eigenvalue weighted by atomic mass is 10.2. The third-order valence-electron chi connectivity index (χ3n) is 4.71. The molecule has 0 atom stereocenters. The monoisotopic (exact) mass is 437 g/mol. The maximum Gasteiger partial charge on any atom is 0.255 e. The molecular weight excluding hydrogens is 418 g/mol. The van der Waals surface area contributed by atoms with Gasteiger partial charge in [0.2, 0.25) is 11.7 Å². The van der Waals surface area contributed by atoms with Gasteiger partial charge in [0.15, 0.2) is 0 Å². The van der Waals surface area contributed by atoms with Crippen LogP contribution in [0, 0.1) is 0 Å². The second kappa shape index (κ2) is 9.49. The van der Waals surface area contributed by atoms with Crippen LogP contribution in [0.25, 0.3) is 11.4 Å². The summed E-state index contributed by atoms with van der Waals surface area (Å²) in [7, 11) is 1.60. The number of rotatable bonds is 8. The molecule has 0 fully saturated rings. The van der Waals surface area contributed by atoms with Crippen molar-refractivity contribution in [2.75, 3.05) is 13.7 Å². The van der Waals surface area contributed by atoms with Crippen molar-refractivity contribution in [1.82, 2.24) is 15.0 Å². The average molecular weight is 438 g/mol. The van der Waals surface area contributed by atoms with Gasteiger partial charge >= 0.3 is 0 Å². The number of nitrogens with zero attached hydrogens (tertiary/aromatic N) is 3. The van der Waals surface area contributed by atoms with Gasteiger partial charge in [0.05, 0.1) is 30.5 Å². The zero-order chi connectivity index (χ0) is 21.6. The summed E-state index contributed by atoms with van der Waals surface area (Å²) in [5.74, 6) is 2.06. The van der Waals surface area contributed by atoms with Crippen LogP contribution in [0.4, 0.5) is 0 Å². The van der Waals surface area contributed by atoms with Gasteiger partial charge in [-0.2, -0.15) is 4.98 Å². The molecule has 0 spiro atoms. The van der Waals surface area contributed by atoms with Gasteiger partial charge in [-0.25, -0.2) is 0 Å². The van der Waals surface area contributed by atoms with Crippen molar-refractivity contribution in [2.24, 2.45) is 0 Å². The van der Waals surface area contributed by atoms with Gasteiger partial charge in [-0.1, -0.05) is 41.0 Å². The van der Waals surface area contributed by atoms with Crippen LogP contribution in [0.2, 0.25) is 5.02 Å². The molecule has 0 aliphatic heterocycles. The van der Waals surface area contributed by atoms with Gasteiger partial charge in [0.25, 0.3) is 5.91 Å². The molecule has 0 saturated heterocycles. The maximum atomic E-state index is 13.1. The molecule has 8 heteroatoms. The lowest BCUT2D eigenvalue weighted by molar-refractivity contribution is 0.0730. The van der Waals surface area contributed by atoms with E-state index >= 15 is 0 Å². The first-order chi connectivity index (χ1) is 15.1. The molecule has 0 N–H and O–H groups in total. The Bertz CT molecular complexity index is 1160. The number of carbonyl (C=O) groups excluding carboxylic acids is 1. The zero-order valence-corrected chi connectivity index (χ0v) is 17.6. The number of hydrogen-bond donors (Lipinski definition) is 0. The number of benzene rings is 2. The van der Waals surface area contributed by atoms with Crippen molar-refractivity contribution in [3.63, 3.8) is 0 Å². The molecule has 0 saturated carbocycles. The van der Waals surface area contributed by atoms with E-state index in [0.717, 1.165) is 5.56 Å². The van der Waals surface area contributed by atoms with Crippen LogP contribution in [0.3, 0.4) is 0 Å². The van der Waals surface area contributed by atoms with Crippen LogP contribution >= 0.6 is 11.6 Å². The molecule has 2 aromatic heterocycles. The lowest BCUT2D eigenvalue weighted by Gasteiger charge is -2.21. The molecular formula is C23H20ClN3O4. The van der Waals surface area contributed by atoms with E-state index < -0.39 is 0 Å². The van der Waals surface area contributed by atoms with Crippen molar-refractivity contribution >= 4 is 17.5 Å². The molecule has 31 heavy (non-hydrogen) atoms. The molecule has 0 bridgehead atoms. The van der Waals surface area contributed by atoms with E-state index in [0.29, 0.717) is 53.3 Å². The standard InChI is InChI=1S/C23H20ClN3O4/c1-29-17-7-4-6-16(14-17)22-25-21(31-26-22)11-12-27(15-18-8-5-13-30-18)23(28)19-9-2-3-10-20(19)24/h2-10,13-14H,11-12,15H2,1H3. The number of carbonyl (C=O) groups is 1. The highest BCUT2D eigenvalue weighted by molar-refractivity contribution is 6.33. The number of hydrogen-bond acceptors (Lipinski definition) is 6. The number of methoxy groups -OCH3 is 1. The first-order valence-corrected chi connectivity index (χ1v) is 10.0. The predicted molar refractivity (Wildman–Crippen MR) is 115 cm³/mol. The lowest BCUT2D eigenvalue weighted by Crippen LogP contribution is -2.32. The largest absolute Gasteiger partial charge is 0.497 e. The molecule has 1 amide bonds. The summed E-state index contributed by atoms with van der Waals surface area (Å²) in [6.07, 6.45) is 1.96. The average Bonchev–Trinajstić information content (AvgIpc) is 3.49. The molecule has 7 nitrogen and oxygen atoms in total. The first-order valence-electron chi connectivity index (χ1n) is 9.67. The van der Waals surface area contributed by atoms with Crippen molar-refractivity contribution in [1.29, 1.82) is 0 Å². The van der Waals surface area contributed by atoms with Gasteiger partial charge < -0.3 is 18.6 Å². The van der Waals surface area contributed by atoms with Crippen LogP contribution in [-0.4, -0.2) is 34.6 Å². The van der Waals surface area contributed by atoms with Crippen molar-refractivity contribution in [3.05, 3.63) is 89.2 Å². The van der Waals surface area contributed by atoms with Crippen LogP contribution in [0.1, 0.15) is 22.0 Å². The number of amides is 1. The summed E-state index contributed by atoms with van der Waals surface area (Å²) < 4.78 is 16.1. The molecule has 0 unspecified atom stereocenters. The smallest absolute Gasteiger partial charge is 0.255 e. The fraction of sp³-hybridized carbons (Fsp3) is 0.174. The number of halogens is 1. The second-order valence-corrected chi connectivity index (χ2v) is 7.19. The van der Waals surface area contributed by atoms with E-state index in [-0.39, 0.29) is 5.91 Å². The second-order valence-electron chi connectivity index (χ2n) is 6.78. The normalized spacial score (nSPS) is 10.8. The maximum absolute atomic E-state index is 13.1. The Labute approximate surface area is 184 Å². The number of ether oxygens (including phenoxy) is 1. The fourth-order valence-electron chi connectivity index (χ4n) is 3.11. The van der Waals surface area contributed by atoms with Crippen LogP contribution in [0.15, 0.2) is 75.9 Å². The van der Waals surface area contributed by atoms with Crippen LogP contribution in [-0.2, 0) is 13.0 Å². The topological polar surface area (TPSA) is 81.6 Å².